The van der Waals surface area contributed by atoms with Gasteiger partial charge in [0.1, 0.15) is 11.5 Å². The number of aryl methyl sites for hydroxylation is 3. The first kappa shape index (κ1) is 21.9. The average molecular weight is 416 g/mol. The van der Waals surface area contributed by atoms with Crippen LogP contribution in [0, 0.1) is 0 Å². The smallest absolute Gasteiger partial charge is 0.395 e. The van der Waals surface area contributed by atoms with Crippen molar-refractivity contribution in [3.05, 3.63) is 58.1 Å². The van der Waals surface area contributed by atoms with Crippen LogP contribution in [0.2, 0.25) is 0 Å². The zero-order chi connectivity index (χ0) is 21.2. The van der Waals surface area contributed by atoms with Crippen molar-refractivity contribution in [2.45, 2.75) is 78.6 Å². The van der Waals surface area contributed by atoms with Crippen LogP contribution in [0.3, 0.4) is 0 Å². The third-order valence-electron chi connectivity index (χ3n) is 5.63. The van der Waals surface area contributed by atoms with Crippen molar-refractivity contribution in [3.8, 4) is 11.5 Å². The van der Waals surface area contributed by atoms with Crippen molar-refractivity contribution >= 4 is 7.82 Å². The second-order valence-corrected chi connectivity index (χ2v) is 9.86. The molecule has 0 aromatic heterocycles. The Labute approximate surface area is 174 Å². The lowest BCUT2D eigenvalue weighted by atomic mass is 9.96. The van der Waals surface area contributed by atoms with E-state index in [1.165, 1.54) is 11.1 Å². The van der Waals surface area contributed by atoms with E-state index in [-0.39, 0.29) is 0 Å². The van der Waals surface area contributed by atoms with E-state index >= 15 is 0 Å². The zero-order valence-corrected chi connectivity index (χ0v) is 19.1. The van der Waals surface area contributed by atoms with Gasteiger partial charge in [0, 0.05) is 0 Å². The van der Waals surface area contributed by atoms with Gasteiger partial charge in [-0.2, -0.15) is 0 Å². The Hall–Kier alpha value is -1.77. The summed E-state index contributed by atoms with van der Waals surface area (Å²) in [4.78, 5) is 10.6. The highest BCUT2D eigenvalue weighted by Gasteiger charge is 2.30. The van der Waals surface area contributed by atoms with Crippen molar-refractivity contribution in [3.63, 3.8) is 0 Å². The molecule has 4 nitrogen and oxygen atoms in total. The summed E-state index contributed by atoms with van der Waals surface area (Å²) in [5.41, 5.74) is 5.35. The third kappa shape index (κ3) is 5.24. The van der Waals surface area contributed by atoms with Crippen LogP contribution in [0.5, 0.6) is 11.5 Å². The first-order chi connectivity index (χ1) is 13.7. The molecule has 3 rings (SSSR count). The van der Waals surface area contributed by atoms with E-state index in [2.05, 4.69) is 39.8 Å². The molecule has 29 heavy (non-hydrogen) atoms. The van der Waals surface area contributed by atoms with Crippen LogP contribution in [0.25, 0.3) is 0 Å². The molecule has 0 saturated heterocycles. The van der Waals surface area contributed by atoms with Gasteiger partial charge in [0.25, 0.3) is 0 Å². The SMILES string of the molecule is CCc1cc(C(C)C)ccc1OP(=O)(O)Oc1c2cc(C(C)C)cc1CCCC2. The topological polar surface area (TPSA) is 55.8 Å². The molecule has 1 atom stereocenters. The lowest BCUT2D eigenvalue weighted by molar-refractivity contribution is 0.288. The Bertz CT molecular complexity index is 890. The summed E-state index contributed by atoms with van der Waals surface area (Å²) < 4.78 is 24.2. The fraction of sp³-hybridized carbons (Fsp3) is 0.500. The number of hydrogen-bond donors (Lipinski definition) is 1. The normalized spacial score (nSPS) is 15.9. The summed E-state index contributed by atoms with van der Waals surface area (Å²) in [6.07, 6.45) is 4.52. The van der Waals surface area contributed by atoms with Gasteiger partial charge in [0.2, 0.25) is 0 Å². The summed E-state index contributed by atoms with van der Waals surface area (Å²) in [6, 6.07) is 10.00. The summed E-state index contributed by atoms with van der Waals surface area (Å²) in [5.74, 6) is 1.75. The van der Waals surface area contributed by atoms with E-state index in [1.807, 2.05) is 19.1 Å². The standard InChI is InChI=1S/C24H33O4P/c1-6-18-13-19(16(2)3)11-12-23(18)27-29(25,26)28-24-20-9-7-8-10-21(24)15-22(14-20)17(4)5/h11-17H,6-10H2,1-5H3,(H,25,26). The largest absolute Gasteiger partial charge is 0.584 e. The second-order valence-electron chi connectivity index (χ2n) is 8.56. The van der Waals surface area contributed by atoms with Gasteiger partial charge in [-0.05, 0) is 77.8 Å². The third-order valence-corrected chi connectivity index (χ3v) is 6.47. The monoisotopic (exact) mass is 416 g/mol. The number of fused-ring (bicyclic) bond motifs is 2. The molecule has 1 N–H and O–H groups in total. The number of rotatable bonds is 7. The van der Waals surface area contributed by atoms with Crippen molar-refractivity contribution in [1.29, 1.82) is 0 Å². The lowest BCUT2D eigenvalue weighted by Crippen LogP contribution is -2.06. The van der Waals surface area contributed by atoms with Gasteiger partial charge in [0.05, 0.1) is 0 Å². The number of phosphoric acid groups is 1. The summed E-state index contributed by atoms with van der Waals surface area (Å²) >= 11 is 0. The van der Waals surface area contributed by atoms with Gasteiger partial charge in [-0.25, -0.2) is 4.57 Å². The highest BCUT2D eigenvalue weighted by molar-refractivity contribution is 7.48. The molecule has 2 aromatic carbocycles. The van der Waals surface area contributed by atoms with Crippen LogP contribution in [0.4, 0.5) is 0 Å². The summed E-state index contributed by atoms with van der Waals surface area (Å²) in [6.45, 7) is 10.6. The molecular weight excluding hydrogens is 383 g/mol. The van der Waals surface area contributed by atoms with Gasteiger partial charge < -0.3 is 9.05 Å². The molecule has 1 unspecified atom stereocenters. The molecule has 2 aromatic rings. The molecule has 1 aliphatic carbocycles. The van der Waals surface area contributed by atoms with Crippen molar-refractivity contribution in [1.82, 2.24) is 0 Å². The maximum atomic E-state index is 12.9. The van der Waals surface area contributed by atoms with Crippen LogP contribution in [0.15, 0.2) is 30.3 Å². The van der Waals surface area contributed by atoms with Gasteiger partial charge in [-0.1, -0.05) is 58.9 Å². The molecule has 158 valence electrons. The molecule has 0 spiro atoms. The number of phosphoric ester groups is 1. The first-order valence-electron chi connectivity index (χ1n) is 10.7. The predicted octanol–water partition coefficient (Wildman–Crippen LogP) is 6.93. The molecule has 0 fully saturated rings. The van der Waals surface area contributed by atoms with E-state index < -0.39 is 7.82 Å². The number of hydrogen-bond acceptors (Lipinski definition) is 3. The fourth-order valence-electron chi connectivity index (χ4n) is 3.82. The van der Waals surface area contributed by atoms with E-state index in [0.29, 0.717) is 23.3 Å². The highest BCUT2D eigenvalue weighted by atomic mass is 31.2. The maximum absolute atomic E-state index is 12.9. The first-order valence-corrected chi connectivity index (χ1v) is 12.2. The molecule has 5 heteroatoms. The minimum atomic E-state index is -4.31. The molecule has 0 amide bonds. The Morgan fingerprint density at radius 1 is 0.931 bits per heavy atom. The minimum Gasteiger partial charge on any atom is -0.395 e. The van der Waals surface area contributed by atoms with Crippen LogP contribution in [0.1, 0.15) is 87.1 Å². The van der Waals surface area contributed by atoms with Gasteiger partial charge in [0.15, 0.2) is 0 Å². The van der Waals surface area contributed by atoms with Crippen LogP contribution in [-0.2, 0) is 23.8 Å². The van der Waals surface area contributed by atoms with E-state index in [9.17, 15) is 9.46 Å². The fourth-order valence-corrected chi connectivity index (χ4v) is 4.75. The molecule has 1 aliphatic rings. The van der Waals surface area contributed by atoms with E-state index in [4.69, 9.17) is 9.05 Å². The lowest BCUT2D eigenvalue weighted by Gasteiger charge is -2.21. The molecule has 2 bridgehead atoms. The average Bonchev–Trinajstić information content (AvgIpc) is 2.76. The molecular formula is C24H33O4P. The van der Waals surface area contributed by atoms with Gasteiger partial charge in [-0.15, -0.1) is 0 Å². The van der Waals surface area contributed by atoms with Gasteiger partial charge in [-0.3, -0.25) is 4.89 Å². The van der Waals surface area contributed by atoms with Crippen molar-refractivity contribution in [2.24, 2.45) is 0 Å². The van der Waals surface area contributed by atoms with Crippen molar-refractivity contribution < 1.29 is 18.5 Å². The van der Waals surface area contributed by atoms with Crippen LogP contribution in [-0.4, -0.2) is 4.89 Å². The Kier molecular flexibility index (Phi) is 6.76. The molecule has 0 heterocycles. The summed E-state index contributed by atoms with van der Waals surface area (Å²) in [5, 5.41) is 0. The van der Waals surface area contributed by atoms with Crippen molar-refractivity contribution in [2.75, 3.05) is 0 Å². The predicted molar refractivity (Wildman–Crippen MR) is 118 cm³/mol. The highest BCUT2D eigenvalue weighted by Crippen LogP contribution is 2.49. The maximum Gasteiger partial charge on any atom is 0.584 e. The quantitative estimate of drug-likeness (QED) is 0.497. The zero-order valence-electron chi connectivity index (χ0n) is 18.2. The molecule has 0 radical (unpaired) electrons. The Morgan fingerprint density at radius 2 is 1.52 bits per heavy atom. The molecule has 0 saturated carbocycles. The van der Waals surface area contributed by atoms with Gasteiger partial charge >= 0.3 is 7.82 Å². The Balaban J connectivity index is 1.90. The summed E-state index contributed by atoms with van der Waals surface area (Å²) in [7, 11) is -4.31. The second kappa shape index (κ2) is 8.93. The van der Waals surface area contributed by atoms with E-state index in [0.717, 1.165) is 48.8 Å². The van der Waals surface area contributed by atoms with Crippen LogP contribution < -0.4 is 9.05 Å². The van der Waals surface area contributed by atoms with Crippen LogP contribution >= 0.6 is 7.82 Å². The Morgan fingerprint density at radius 3 is 2.03 bits per heavy atom. The van der Waals surface area contributed by atoms with E-state index in [1.54, 1.807) is 6.07 Å². The number of benzene rings is 2. The molecule has 0 aliphatic heterocycles. The minimum absolute atomic E-state index is 0.387.